The Morgan fingerprint density at radius 3 is 2.65 bits per heavy atom. The van der Waals surface area contributed by atoms with Gasteiger partial charge in [0.05, 0.1) is 12.0 Å². The van der Waals surface area contributed by atoms with Gasteiger partial charge >= 0.3 is 12.4 Å². The van der Waals surface area contributed by atoms with Crippen LogP contribution in [0.5, 0.6) is 5.88 Å². The molecule has 2 N–H and O–H groups in total. The average Bonchev–Trinajstić information content (AvgIpc) is 3.16. The molecule has 34 heavy (non-hydrogen) atoms. The molecule has 1 fully saturated rings. The maximum absolute atomic E-state index is 13.7. The minimum absolute atomic E-state index is 0.0663. The summed E-state index contributed by atoms with van der Waals surface area (Å²) in [7, 11) is 0. The van der Waals surface area contributed by atoms with E-state index < -0.39 is 17.8 Å². The molecule has 1 aromatic carbocycles. The second kappa shape index (κ2) is 9.34. The van der Waals surface area contributed by atoms with Gasteiger partial charge in [0.25, 0.3) is 0 Å². The van der Waals surface area contributed by atoms with Crippen molar-refractivity contribution in [2.45, 2.75) is 45.3 Å². The SMILES string of the molecule is Cc1ccc(NC(=O)C2(c3ccccc3C(C)C)CN(Cc3noc(=O)[nH]3)C2)c(OC(F)F)n1. The average molecular weight is 473 g/mol. The van der Waals surface area contributed by atoms with Crippen molar-refractivity contribution in [2.75, 3.05) is 18.4 Å². The zero-order chi connectivity index (χ0) is 24.5. The summed E-state index contributed by atoms with van der Waals surface area (Å²) in [5.41, 5.74) is 1.45. The van der Waals surface area contributed by atoms with Gasteiger partial charge in [-0.15, -0.1) is 0 Å². The Hall–Kier alpha value is -3.60. The highest BCUT2D eigenvalue weighted by Gasteiger charge is 2.52. The van der Waals surface area contributed by atoms with E-state index in [2.05, 4.69) is 29.7 Å². The summed E-state index contributed by atoms with van der Waals surface area (Å²) in [6, 6.07) is 10.8. The Morgan fingerprint density at radius 1 is 1.26 bits per heavy atom. The number of ether oxygens (including phenoxy) is 1. The Bertz CT molecular complexity index is 1230. The molecule has 1 aliphatic rings. The Kier molecular flexibility index (Phi) is 6.47. The summed E-state index contributed by atoms with van der Waals surface area (Å²) in [6.45, 7) is 3.57. The number of rotatable bonds is 8. The summed E-state index contributed by atoms with van der Waals surface area (Å²) in [5.74, 6) is -0.850. The summed E-state index contributed by atoms with van der Waals surface area (Å²) < 4.78 is 34.9. The molecular formula is C23H25F2N5O4. The molecule has 1 amide bonds. The molecule has 0 spiro atoms. The van der Waals surface area contributed by atoms with Crippen molar-refractivity contribution >= 4 is 11.6 Å². The van der Waals surface area contributed by atoms with Gasteiger partial charge in [0.15, 0.2) is 5.82 Å². The highest BCUT2D eigenvalue weighted by molar-refractivity contribution is 6.01. The van der Waals surface area contributed by atoms with E-state index in [9.17, 15) is 18.4 Å². The molecule has 180 valence electrons. The number of nitrogens with one attached hydrogen (secondary N) is 2. The van der Waals surface area contributed by atoms with Crippen LogP contribution in [0.3, 0.4) is 0 Å². The van der Waals surface area contributed by atoms with Gasteiger partial charge in [0.1, 0.15) is 5.69 Å². The quantitative estimate of drug-likeness (QED) is 0.517. The summed E-state index contributed by atoms with van der Waals surface area (Å²) in [6.07, 6.45) is 0. The van der Waals surface area contributed by atoms with Crippen LogP contribution in [0.1, 0.15) is 42.4 Å². The van der Waals surface area contributed by atoms with Gasteiger partial charge in [-0.2, -0.15) is 8.78 Å². The lowest BCUT2D eigenvalue weighted by Gasteiger charge is -2.49. The van der Waals surface area contributed by atoms with Gasteiger partial charge in [0, 0.05) is 18.8 Å². The number of likely N-dealkylation sites (tertiary alicyclic amines) is 1. The summed E-state index contributed by atoms with van der Waals surface area (Å²) >= 11 is 0. The maximum atomic E-state index is 13.7. The number of alkyl halides is 2. The topological polar surface area (TPSA) is 113 Å². The zero-order valence-corrected chi connectivity index (χ0v) is 19.0. The first-order valence-corrected chi connectivity index (χ1v) is 10.8. The van der Waals surface area contributed by atoms with Crippen LogP contribution >= 0.6 is 0 Å². The smallest absolute Gasteiger partial charge is 0.415 e. The van der Waals surface area contributed by atoms with Crippen LogP contribution in [0.15, 0.2) is 45.7 Å². The highest BCUT2D eigenvalue weighted by atomic mass is 19.3. The summed E-state index contributed by atoms with van der Waals surface area (Å²) in [4.78, 5) is 33.4. The molecule has 0 unspecified atom stereocenters. The van der Waals surface area contributed by atoms with Crippen LogP contribution in [0.25, 0.3) is 0 Å². The van der Waals surface area contributed by atoms with Crippen LogP contribution < -0.4 is 15.8 Å². The van der Waals surface area contributed by atoms with E-state index in [0.29, 0.717) is 24.6 Å². The third kappa shape index (κ3) is 4.69. The van der Waals surface area contributed by atoms with Crippen molar-refractivity contribution in [3.05, 3.63) is 69.6 Å². The Balaban J connectivity index is 1.66. The number of amides is 1. The number of anilines is 1. The monoisotopic (exact) mass is 473 g/mol. The number of pyridine rings is 1. The van der Waals surface area contributed by atoms with Crippen molar-refractivity contribution in [1.82, 2.24) is 20.0 Å². The standard InChI is InChI=1S/C23H25F2N5O4/c1-13(2)15-6-4-5-7-16(15)23(11-30(12-23)10-18-28-22(32)34-29-18)20(31)27-17-9-8-14(3)26-19(17)33-21(24)25/h4-9,13,21H,10-12H2,1-3H3,(H,27,31)(H,28,29,32). The molecule has 4 rings (SSSR count). The number of nitrogens with zero attached hydrogens (tertiary/aromatic N) is 3. The molecule has 0 bridgehead atoms. The Morgan fingerprint density at radius 2 is 2.00 bits per heavy atom. The molecule has 2 aromatic heterocycles. The van der Waals surface area contributed by atoms with Crippen molar-refractivity contribution in [3.8, 4) is 5.88 Å². The lowest BCUT2D eigenvalue weighted by atomic mass is 9.69. The van der Waals surface area contributed by atoms with Crippen LogP contribution in [-0.4, -0.2) is 45.6 Å². The molecule has 3 heterocycles. The number of hydrogen-bond acceptors (Lipinski definition) is 7. The second-order valence-electron chi connectivity index (χ2n) is 8.65. The van der Waals surface area contributed by atoms with Crippen molar-refractivity contribution in [2.24, 2.45) is 0 Å². The van der Waals surface area contributed by atoms with Gasteiger partial charge in [-0.25, -0.2) is 9.78 Å². The number of benzene rings is 1. The van der Waals surface area contributed by atoms with E-state index in [-0.39, 0.29) is 29.9 Å². The predicted molar refractivity (Wildman–Crippen MR) is 119 cm³/mol. The molecule has 0 atom stereocenters. The normalized spacial score (nSPS) is 15.4. The number of aromatic nitrogens is 3. The number of aromatic amines is 1. The number of hydrogen-bond donors (Lipinski definition) is 2. The molecular weight excluding hydrogens is 448 g/mol. The number of halogens is 2. The molecule has 9 nitrogen and oxygen atoms in total. The lowest BCUT2D eigenvalue weighted by Crippen LogP contribution is -2.64. The number of carbonyl (C=O) groups excluding carboxylic acids is 1. The first kappa shape index (κ1) is 23.6. The second-order valence-corrected chi connectivity index (χ2v) is 8.65. The van der Waals surface area contributed by atoms with Gasteiger partial charge < -0.3 is 10.1 Å². The van der Waals surface area contributed by atoms with E-state index >= 15 is 0 Å². The molecule has 0 aliphatic carbocycles. The minimum atomic E-state index is -3.08. The molecule has 0 saturated carbocycles. The van der Waals surface area contributed by atoms with E-state index in [1.807, 2.05) is 43.0 Å². The molecule has 1 aliphatic heterocycles. The van der Waals surface area contributed by atoms with Crippen molar-refractivity contribution in [3.63, 3.8) is 0 Å². The van der Waals surface area contributed by atoms with Gasteiger partial charge in [-0.05, 0) is 36.1 Å². The fourth-order valence-corrected chi connectivity index (χ4v) is 4.29. The number of H-pyrrole nitrogens is 1. The molecule has 11 heteroatoms. The van der Waals surface area contributed by atoms with Crippen molar-refractivity contribution < 1.29 is 22.8 Å². The molecule has 0 radical (unpaired) electrons. The third-order valence-electron chi connectivity index (χ3n) is 5.83. The number of carbonyl (C=O) groups is 1. The highest BCUT2D eigenvalue weighted by Crippen LogP contribution is 2.41. The fraction of sp³-hybridized carbons (Fsp3) is 0.391. The van der Waals surface area contributed by atoms with E-state index in [1.165, 1.54) is 6.07 Å². The van der Waals surface area contributed by atoms with E-state index in [4.69, 9.17) is 0 Å². The first-order valence-electron chi connectivity index (χ1n) is 10.8. The predicted octanol–water partition coefficient (Wildman–Crippen LogP) is 3.18. The lowest BCUT2D eigenvalue weighted by molar-refractivity contribution is -0.128. The van der Waals surface area contributed by atoms with Gasteiger partial charge in [-0.1, -0.05) is 43.3 Å². The molecule has 3 aromatic rings. The van der Waals surface area contributed by atoms with Crippen molar-refractivity contribution in [1.29, 1.82) is 0 Å². The minimum Gasteiger partial charge on any atom is -0.415 e. The Labute approximate surface area is 194 Å². The molecule has 1 saturated heterocycles. The maximum Gasteiger partial charge on any atom is 0.438 e. The third-order valence-corrected chi connectivity index (χ3v) is 5.83. The largest absolute Gasteiger partial charge is 0.438 e. The number of aryl methyl sites for hydroxylation is 1. The summed E-state index contributed by atoms with van der Waals surface area (Å²) in [5, 5.41) is 6.44. The fourth-order valence-electron chi connectivity index (χ4n) is 4.29. The van der Waals surface area contributed by atoms with E-state index in [0.717, 1.165) is 11.1 Å². The van der Waals surface area contributed by atoms with Crippen LogP contribution in [0.4, 0.5) is 14.5 Å². The van der Waals surface area contributed by atoms with Gasteiger partial charge in [-0.3, -0.25) is 19.2 Å². The zero-order valence-electron chi connectivity index (χ0n) is 19.0. The van der Waals surface area contributed by atoms with Crippen LogP contribution in [0.2, 0.25) is 0 Å². The van der Waals surface area contributed by atoms with Gasteiger partial charge in [0.2, 0.25) is 11.8 Å². The van der Waals surface area contributed by atoms with Crippen LogP contribution in [0, 0.1) is 6.92 Å². The van der Waals surface area contributed by atoms with Crippen LogP contribution in [-0.2, 0) is 16.8 Å². The first-order chi connectivity index (χ1) is 16.2. The van der Waals surface area contributed by atoms with E-state index in [1.54, 1.807) is 13.0 Å².